The minimum Gasteiger partial charge on any atom is -0.367 e. The van der Waals surface area contributed by atoms with E-state index in [2.05, 4.69) is 33.3 Å². The highest BCUT2D eigenvalue weighted by Gasteiger charge is 2.25. The molecule has 0 aliphatic heterocycles. The number of anilines is 1. The third-order valence-corrected chi connectivity index (χ3v) is 7.22. The second-order valence-electron chi connectivity index (χ2n) is 9.04. The van der Waals surface area contributed by atoms with Crippen molar-refractivity contribution in [2.24, 2.45) is 5.92 Å². The lowest BCUT2D eigenvalue weighted by atomic mass is 9.76. The van der Waals surface area contributed by atoms with Gasteiger partial charge in [0.1, 0.15) is 11.6 Å². The zero-order valence-corrected chi connectivity index (χ0v) is 19.9. The number of benzene rings is 2. The number of nitrogens with one attached hydrogen (secondary N) is 1. The van der Waals surface area contributed by atoms with Crippen LogP contribution in [0, 0.1) is 11.7 Å². The highest BCUT2D eigenvalue weighted by atomic mass is 35.5. The van der Waals surface area contributed by atoms with Crippen molar-refractivity contribution in [1.29, 1.82) is 0 Å². The van der Waals surface area contributed by atoms with E-state index in [0.29, 0.717) is 22.4 Å². The Balaban J connectivity index is 1.25. The van der Waals surface area contributed by atoms with E-state index in [1.807, 2.05) is 18.3 Å². The highest BCUT2D eigenvalue weighted by molar-refractivity contribution is 6.36. The monoisotopic (exact) mass is 482 g/mol. The fraction of sp³-hybridized carbons (Fsp3) is 0.346. The summed E-state index contributed by atoms with van der Waals surface area (Å²) in [4.78, 5) is 13.1. The number of pyridine rings is 1. The third kappa shape index (κ3) is 4.75. The van der Waals surface area contributed by atoms with Gasteiger partial charge in [-0.25, -0.2) is 14.4 Å². The minimum atomic E-state index is -0.205. The molecule has 170 valence electrons. The molecule has 2 heterocycles. The lowest BCUT2D eigenvalue weighted by molar-refractivity contribution is 0.302. The van der Waals surface area contributed by atoms with Gasteiger partial charge in [0.15, 0.2) is 0 Å². The van der Waals surface area contributed by atoms with Crippen LogP contribution in [0.1, 0.15) is 50.5 Å². The Morgan fingerprint density at radius 2 is 1.85 bits per heavy atom. The molecule has 0 saturated heterocycles. The number of para-hydroxylation sites is 1. The number of halogens is 3. The normalized spacial score (nSPS) is 19.6. The lowest BCUT2D eigenvalue weighted by Gasteiger charge is -2.31. The molecule has 0 radical (unpaired) electrons. The Kier molecular flexibility index (Phi) is 6.35. The maximum atomic E-state index is 13.9. The van der Waals surface area contributed by atoms with E-state index >= 15 is 0 Å². The van der Waals surface area contributed by atoms with E-state index < -0.39 is 0 Å². The maximum absolute atomic E-state index is 13.9. The van der Waals surface area contributed by atoms with Gasteiger partial charge in [0.2, 0.25) is 5.28 Å². The average Bonchev–Trinajstić information content (AvgIpc) is 2.80. The van der Waals surface area contributed by atoms with Crippen LogP contribution in [0.2, 0.25) is 10.3 Å². The van der Waals surface area contributed by atoms with Crippen LogP contribution in [0.3, 0.4) is 0 Å². The maximum Gasteiger partial charge on any atom is 0.224 e. The Morgan fingerprint density at radius 1 is 1.03 bits per heavy atom. The first-order chi connectivity index (χ1) is 16.0. The quantitative estimate of drug-likeness (QED) is 0.295. The van der Waals surface area contributed by atoms with Crippen LogP contribution in [0.15, 0.2) is 48.7 Å². The Morgan fingerprint density at radius 3 is 2.67 bits per heavy atom. The first kappa shape index (κ1) is 22.3. The van der Waals surface area contributed by atoms with Gasteiger partial charge in [0.05, 0.1) is 16.1 Å². The predicted octanol–water partition coefficient (Wildman–Crippen LogP) is 7.79. The fourth-order valence-electron chi connectivity index (χ4n) is 5.20. The molecule has 1 atom stereocenters. The molecule has 2 aromatic carbocycles. The van der Waals surface area contributed by atoms with E-state index in [0.717, 1.165) is 54.2 Å². The van der Waals surface area contributed by atoms with Gasteiger partial charge in [-0.15, -0.1) is 0 Å². The van der Waals surface area contributed by atoms with Crippen molar-refractivity contribution in [3.05, 3.63) is 70.3 Å². The van der Waals surface area contributed by atoms with Gasteiger partial charge in [-0.2, -0.15) is 0 Å². The average molecular weight is 483 g/mol. The van der Waals surface area contributed by atoms with Gasteiger partial charge < -0.3 is 5.32 Å². The molecule has 7 heteroatoms. The van der Waals surface area contributed by atoms with Crippen LogP contribution in [0.4, 0.5) is 10.2 Å². The molecule has 5 rings (SSSR count). The molecule has 33 heavy (non-hydrogen) atoms. The molecule has 1 saturated carbocycles. The fourth-order valence-corrected chi connectivity index (χ4v) is 5.58. The van der Waals surface area contributed by atoms with E-state index in [1.165, 1.54) is 11.6 Å². The van der Waals surface area contributed by atoms with E-state index in [-0.39, 0.29) is 17.1 Å². The molecule has 1 fully saturated rings. The van der Waals surface area contributed by atoms with Crippen LogP contribution in [-0.4, -0.2) is 21.0 Å². The van der Waals surface area contributed by atoms with Crippen molar-refractivity contribution < 1.29 is 4.39 Å². The molecule has 1 aliphatic rings. The summed E-state index contributed by atoms with van der Waals surface area (Å²) < 4.78 is 13.9. The number of hydrogen-bond acceptors (Lipinski definition) is 4. The second kappa shape index (κ2) is 9.40. The molecule has 1 N–H and O–H groups in total. The largest absolute Gasteiger partial charge is 0.367 e. The molecule has 4 aromatic rings. The second-order valence-corrected chi connectivity index (χ2v) is 9.78. The van der Waals surface area contributed by atoms with Gasteiger partial charge in [-0.3, -0.25) is 4.98 Å². The molecular formula is C26H25Cl2FN4. The van der Waals surface area contributed by atoms with Crippen molar-refractivity contribution in [2.75, 3.05) is 5.32 Å². The summed E-state index contributed by atoms with van der Waals surface area (Å²) in [6.45, 7) is 2.18. The van der Waals surface area contributed by atoms with Crippen LogP contribution >= 0.6 is 23.2 Å². The van der Waals surface area contributed by atoms with E-state index in [4.69, 9.17) is 23.2 Å². The van der Waals surface area contributed by atoms with E-state index in [9.17, 15) is 4.39 Å². The van der Waals surface area contributed by atoms with Crippen molar-refractivity contribution >= 4 is 50.8 Å². The number of aromatic nitrogens is 3. The third-order valence-electron chi connectivity index (χ3n) is 6.74. The summed E-state index contributed by atoms with van der Waals surface area (Å²) in [5, 5.41) is 6.10. The Labute approximate surface area is 202 Å². The summed E-state index contributed by atoms with van der Waals surface area (Å²) in [5.74, 6) is 1.59. The van der Waals surface area contributed by atoms with E-state index in [1.54, 1.807) is 18.2 Å². The molecule has 2 aromatic heterocycles. The van der Waals surface area contributed by atoms with Gasteiger partial charge in [-0.1, -0.05) is 17.7 Å². The molecule has 0 bridgehead atoms. The Hall–Kier alpha value is -2.50. The van der Waals surface area contributed by atoms with Crippen molar-refractivity contribution in [2.45, 2.75) is 51.0 Å². The van der Waals surface area contributed by atoms with Gasteiger partial charge >= 0.3 is 0 Å². The van der Waals surface area contributed by atoms with Crippen LogP contribution in [-0.2, 0) is 0 Å². The highest BCUT2D eigenvalue weighted by Crippen LogP contribution is 2.40. The molecule has 0 amide bonds. The van der Waals surface area contributed by atoms with Crippen molar-refractivity contribution in [1.82, 2.24) is 15.0 Å². The SMILES string of the molecule is C[C@H](C[C@H]1CC[C@H](c2ccnc3ccc(F)cc32)CC1)Nc1nc(Cl)nc2c(Cl)cccc12. The minimum absolute atomic E-state index is 0.187. The summed E-state index contributed by atoms with van der Waals surface area (Å²) in [6.07, 6.45) is 7.38. The van der Waals surface area contributed by atoms with Gasteiger partial charge in [-0.05, 0) is 104 Å². The topological polar surface area (TPSA) is 50.7 Å². The summed E-state index contributed by atoms with van der Waals surface area (Å²) >= 11 is 12.4. The first-order valence-corrected chi connectivity index (χ1v) is 12.2. The number of fused-ring (bicyclic) bond motifs is 2. The molecule has 4 nitrogen and oxygen atoms in total. The molecule has 0 unspecified atom stereocenters. The van der Waals surface area contributed by atoms with Gasteiger partial charge in [0, 0.05) is 23.0 Å². The summed E-state index contributed by atoms with van der Waals surface area (Å²) in [7, 11) is 0. The van der Waals surface area contributed by atoms with Crippen LogP contribution < -0.4 is 5.32 Å². The number of rotatable bonds is 5. The number of nitrogens with zero attached hydrogens (tertiary/aromatic N) is 3. The van der Waals surface area contributed by atoms with Crippen molar-refractivity contribution in [3.63, 3.8) is 0 Å². The zero-order chi connectivity index (χ0) is 22.9. The van der Waals surface area contributed by atoms with Crippen LogP contribution in [0.5, 0.6) is 0 Å². The zero-order valence-electron chi connectivity index (χ0n) is 18.4. The molecular weight excluding hydrogens is 458 g/mol. The standard InChI is InChI=1S/C26H25Cl2FN4/c1-15(31-25-20-3-2-4-22(27)24(20)32-26(28)33-25)13-16-5-7-17(8-6-16)19-11-12-30-23-10-9-18(29)14-21(19)23/h2-4,9-12,14-17H,5-8,13H2,1H3,(H,31,32,33)/t15-,16-,17-/m1/s1. The lowest BCUT2D eigenvalue weighted by Crippen LogP contribution is -2.23. The smallest absolute Gasteiger partial charge is 0.224 e. The molecule has 0 spiro atoms. The van der Waals surface area contributed by atoms with Gasteiger partial charge in [0.25, 0.3) is 0 Å². The Bertz CT molecular complexity index is 1300. The number of hydrogen-bond donors (Lipinski definition) is 1. The summed E-state index contributed by atoms with van der Waals surface area (Å²) in [5.41, 5.74) is 2.75. The van der Waals surface area contributed by atoms with Crippen LogP contribution in [0.25, 0.3) is 21.8 Å². The van der Waals surface area contributed by atoms with Crippen molar-refractivity contribution in [3.8, 4) is 0 Å². The first-order valence-electron chi connectivity index (χ1n) is 11.4. The molecule has 1 aliphatic carbocycles. The predicted molar refractivity (Wildman–Crippen MR) is 134 cm³/mol. The summed E-state index contributed by atoms with van der Waals surface area (Å²) in [6, 6.07) is 12.8.